The molecule has 1 heterocycles. The standard InChI is InChI=1S/C14H22N2O2/c1-4-11(7-15-3)8-16-12-6-14-13(5-10(12)2)17-9-18-14/h5-6,11,15-16H,4,7-9H2,1-3H3. The molecule has 2 rings (SSSR count). The van der Waals surface area contributed by atoms with Crippen LogP contribution in [0.5, 0.6) is 11.5 Å². The summed E-state index contributed by atoms with van der Waals surface area (Å²) in [6.07, 6.45) is 1.16. The summed E-state index contributed by atoms with van der Waals surface area (Å²) in [5.41, 5.74) is 2.33. The Morgan fingerprint density at radius 3 is 2.61 bits per heavy atom. The first-order valence-electron chi connectivity index (χ1n) is 6.53. The van der Waals surface area contributed by atoms with Gasteiger partial charge in [-0.3, -0.25) is 0 Å². The second-order valence-corrected chi connectivity index (χ2v) is 4.73. The molecule has 0 radical (unpaired) electrons. The summed E-state index contributed by atoms with van der Waals surface area (Å²) in [6, 6.07) is 4.06. The van der Waals surface area contributed by atoms with Gasteiger partial charge in [-0.2, -0.15) is 0 Å². The quantitative estimate of drug-likeness (QED) is 0.813. The van der Waals surface area contributed by atoms with Gasteiger partial charge < -0.3 is 20.1 Å². The fourth-order valence-electron chi connectivity index (χ4n) is 2.14. The normalized spacial score (nSPS) is 14.6. The average Bonchev–Trinajstić information content (AvgIpc) is 2.81. The van der Waals surface area contributed by atoms with Crippen LogP contribution in [0.15, 0.2) is 12.1 Å². The molecule has 0 spiro atoms. The van der Waals surface area contributed by atoms with Crippen molar-refractivity contribution in [3.63, 3.8) is 0 Å². The van der Waals surface area contributed by atoms with E-state index in [0.717, 1.165) is 36.7 Å². The molecule has 0 saturated heterocycles. The Morgan fingerprint density at radius 1 is 1.22 bits per heavy atom. The zero-order valence-corrected chi connectivity index (χ0v) is 11.4. The van der Waals surface area contributed by atoms with Gasteiger partial charge in [0.25, 0.3) is 0 Å². The van der Waals surface area contributed by atoms with Crippen LogP contribution in [0, 0.1) is 12.8 Å². The number of nitrogens with one attached hydrogen (secondary N) is 2. The number of hydrogen-bond acceptors (Lipinski definition) is 4. The number of anilines is 1. The van der Waals surface area contributed by atoms with E-state index in [1.807, 2.05) is 19.2 Å². The molecule has 1 aromatic carbocycles. The van der Waals surface area contributed by atoms with Crippen molar-refractivity contribution >= 4 is 5.69 Å². The highest BCUT2D eigenvalue weighted by Gasteiger charge is 2.16. The topological polar surface area (TPSA) is 42.5 Å². The van der Waals surface area contributed by atoms with Crippen molar-refractivity contribution in [3.8, 4) is 11.5 Å². The zero-order valence-electron chi connectivity index (χ0n) is 11.4. The van der Waals surface area contributed by atoms with Gasteiger partial charge in [-0.15, -0.1) is 0 Å². The fraction of sp³-hybridized carbons (Fsp3) is 0.571. The number of aryl methyl sites for hydroxylation is 1. The van der Waals surface area contributed by atoms with Gasteiger partial charge in [-0.25, -0.2) is 0 Å². The van der Waals surface area contributed by atoms with Gasteiger partial charge in [0, 0.05) is 18.3 Å². The third-order valence-electron chi connectivity index (χ3n) is 3.37. The maximum Gasteiger partial charge on any atom is 0.231 e. The van der Waals surface area contributed by atoms with Crippen molar-refractivity contribution < 1.29 is 9.47 Å². The van der Waals surface area contributed by atoms with Crippen LogP contribution in [0.4, 0.5) is 5.69 Å². The van der Waals surface area contributed by atoms with Crippen LogP contribution in [-0.4, -0.2) is 26.9 Å². The van der Waals surface area contributed by atoms with Gasteiger partial charge in [0.1, 0.15) is 0 Å². The van der Waals surface area contributed by atoms with Crippen LogP contribution in [0.2, 0.25) is 0 Å². The highest BCUT2D eigenvalue weighted by atomic mass is 16.7. The average molecular weight is 250 g/mol. The highest BCUT2D eigenvalue weighted by Crippen LogP contribution is 2.36. The largest absolute Gasteiger partial charge is 0.454 e. The third-order valence-corrected chi connectivity index (χ3v) is 3.37. The summed E-state index contributed by atoms with van der Waals surface area (Å²) < 4.78 is 10.8. The van der Waals surface area contributed by atoms with Crippen molar-refractivity contribution in [3.05, 3.63) is 17.7 Å². The number of rotatable bonds is 6. The predicted molar refractivity (Wildman–Crippen MR) is 73.5 cm³/mol. The van der Waals surface area contributed by atoms with E-state index >= 15 is 0 Å². The molecular weight excluding hydrogens is 228 g/mol. The molecule has 1 atom stereocenters. The third kappa shape index (κ3) is 2.88. The molecule has 1 aliphatic rings. The van der Waals surface area contributed by atoms with E-state index in [9.17, 15) is 0 Å². The van der Waals surface area contributed by atoms with Crippen LogP contribution in [0.25, 0.3) is 0 Å². The molecule has 100 valence electrons. The minimum atomic E-state index is 0.329. The Bertz CT molecular complexity index is 407. The van der Waals surface area contributed by atoms with Gasteiger partial charge in [-0.1, -0.05) is 13.3 Å². The molecule has 0 bridgehead atoms. The monoisotopic (exact) mass is 250 g/mol. The second-order valence-electron chi connectivity index (χ2n) is 4.73. The summed E-state index contributed by atoms with van der Waals surface area (Å²) >= 11 is 0. The maximum absolute atomic E-state index is 5.40. The predicted octanol–water partition coefficient (Wildman–Crippen LogP) is 2.38. The number of ether oxygens (including phenoxy) is 2. The number of benzene rings is 1. The molecule has 4 nitrogen and oxygen atoms in total. The van der Waals surface area contributed by atoms with Crippen molar-refractivity contribution in [2.45, 2.75) is 20.3 Å². The molecule has 0 saturated carbocycles. The molecule has 18 heavy (non-hydrogen) atoms. The lowest BCUT2D eigenvalue weighted by atomic mass is 10.1. The molecule has 0 aromatic heterocycles. The molecule has 0 aliphatic carbocycles. The zero-order chi connectivity index (χ0) is 13.0. The van der Waals surface area contributed by atoms with E-state index in [0.29, 0.717) is 12.7 Å². The van der Waals surface area contributed by atoms with E-state index in [1.54, 1.807) is 0 Å². The van der Waals surface area contributed by atoms with Crippen molar-refractivity contribution in [1.82, 2.24) is 5.32 Å². The minimum absolute atomic E-state index is 0.329. The van der Waals surface area contributed by atoms with Crippen LogP contribution < -0.4 is 20.1 Å². The van der Waals surface area contributed by atoms with Gasteiger partial charge in [0.2, 0.25) is 6.79 Å². The van der Waals surface area contributed by atoms with Crippen LogP contribution in [-0.2, 0) is 0 Å². The van der Waals surface area contributed by atoms with Crippen molar-refractivity contribution in [2.75, 3.05) is 32.2 Å². The Morgan fingerprint density at radius 2 is 1.94 bits per heavy atom. The van der Waals surface area contributed by atoms with Gasteiger partial charge in [-0.05, 0) is 38.1 Å². The Balaban J connectivity index is 2.01. The molecule has 1 unspecified atom stereocenters. The molecule has 0 amide bonds. The number of fused-ring (bicyclic) bond motifs is 1. The van der Waals surface area contributed by atoms with Crippen LogP contribution in [0.3, 0.4) is 0 Å². The SMILES string of the molecule is CCC(CNC)CNc1cc2c(cc1C)OCO2. The van der Waals surface area contributed by atoms with Crippen molar-refractivity contribution in [1.29, 1.82) is 0 Å². The Labute approximate surface area is 109 Å². The molecule has 4 heteroatoms. The van der Waals surface area contributed by atoms with Crippen LogP contribution >= 0.6 is 0 Å². The van der Waals surface area contributed by atoms with Crippen LogP contribution in [0.1, 0.15) is 18.9 Å². The summed E-state index contributed by atoms with van der Waals surface area (Å²) in [5.74, 6) is 2.32. The van der Waals surface area contributed by atoms with E-state index in [4.69, 9.17) is 9.47 Å². The Kier molecular flexibility index (Phi) is 4.31. The van der Waals surface area contributed by atoms with E-state index in [-0.39, 0.29) is 0 Å². The van der Waals surface area contributed by atoms with Gasteiger partial charge in [0.05, 0.1) is 0 Å². The first-order chi connectivity index (χ1) is 8.74. The second kappa shape index (κ2) is 5.96. The smallest absolute Gasteiger partial charge is 0.231 e. The molecule has 1 aliphatic heterocycles. The molecule has 2 N–H and O–H groups in total. The molecule has 0 fully saturated rings. The van der Waals surface area contributed by atoms with E-state index in [2.05, 4.69) is 24.5 Å². The van der Waals surface area contributed by atoms with Gasteiger partial charge in [0.15, 0.2) is 11.5 Å². The summed E-state index contributed by atoms with van der Waals surface area (Å²) in [5, 5.41) is 6.73. The maximum atomic E-state index is 5.40. The lowest BCUT2D eigenvalue weighted by Gasteiger charge is -2.17. The highest BCUT2D eigenvalue weighted by molar-refractivity contribution is 5.60. The Hall–Kier alpha value is -1.42. The first-order valence-corrected chi connectivity index (χ1v) is 6.53. The summed E-state index contributed by atoms with van der Waals surface area (Å²) in [6.45, 7) is 6.64. The number of hydrogen-bond donors (Lipinski definition) is 2. The van der Waals surface area contributed by atoms with Gasteiger partial charge >= 0.3 is 0 Å². The summed E-state index contributed by atoms with van der Waals surface area (Å²) in [7, 11) is 1.99. The minimum Gasteiger partial charge on any atom is -0.454 e. The molecule has 1 aromatic rings. The lowest BCUT2D eigenvalue weighted by Crippen LogP contribution is -2.25. The van der Waals surface area contributed by atoms with Crippen molar-refractivity contribution in [2.24, 2.45) is 5.92 Å². The first kappa shape index (κ1) is 13.0. The fourth-order valence-corrected chi connectivity index (χ4v) is 2.14. The lowest BCUT2D eigenvalue weighted by molar-refractivity contribution is 0.174. The van der Waals surface area contributed by atoms with E-state index in [1.165, 1.54) is 5.56 Å². The summed E-state index contributed by atoms with van der Waals surface area (Å²) in [4.78, 5) is 0. The van der Waals surface area contributed by atoms with E-state index < -0.39 is 0 Å². The molecular formula is C14H22N2O2.